The monoisotopic (exact) mass is 327 g/mol. The number of hydroxylamine groups is 1. The van der Waals surface area contributed by atoms with Crippen LogP contribution in [0.25, 0.3) is 0 Å². The molecule has 1 rings (SSSR count). The molecule has 0 N–H and O–H groups in total. The Labute approximate surface area is 133 Å². The number of hydrogen-bond acceptors (Lipinski definition) is 4. The summed E-state index contributed by atoms with van der Waals surface area (Å²) in [5.74, 6) is 0. The minimum atomic E-state index is -3.56. The average Bonchev–Trinajstić information content (AvgIpc) is 2.43. The molecule has 0 saturated heterocycles. The van der Waals surface area contributed by atoms with E-state index in [1.165, 1.54) is 6.21 Å². The zero-order valence-electron chi connectivity index (χ0n) is 14.3. The number of hydrogen-bond donors (Lipinski definition) is 0. The van der Waals surface area contributed by atoms with Crippen molar-refractivity contribution in [3.05, 3.63) is 40.1 Å². The molecule has 0 spiro atoms. The second-order valence-corrected chi connectivity index (χ2v) is 8.19. The molecule has 22 heavy (non-hydrogen) atoms. The first-order valence-corrected chi connectivity index (χ1v) is 9.00. The van der Waals surface area contributed by atoms with Crippen molar-refractivity contribution in [1.82, 2.24) is 0 Å². The molecule has 1 aromatic carbocycles. The summed E-state index contributed by atoms with van der Waals surface area (Å²) in [5.41, 5.74) is 2.80. The Bertz CT molecular complexity index is 566. The molecule has 0 saturated carbocycles. The van der Waals surface area contributed by atoms with Gasteiger partial charge >= 0.3 is 7.60 Å². The summed E-state index contributed by atoms with van der Waals surface area (Å²) in [6, 6.07) is 5.81. The minimum Gasteiger partial charge on any atom is -0.623 e. The molecule has 0 unspecified atom stereocenters. The quantitative estimate of drug-likeness (QED) is 0.247. The number of rotatable bonds is 7. The average molecular weight is 327 g/mol. The normalized spacial score (nSPS) is 13.5. The predicted molar refractivity (Wildman–Crippen MR) is 89.6 cm³/mol. The van der Waals surface area contributed by atoms with E-state index in [4.69, 9.17) is 9.05 Å². The van der Waals surface area contributed by atoms with Crippen molar-refractivity contribution in [3.63, 3.8) is 0 Å². The van der Waals surface area contributed by atoms with Gasteiger partial charge in [0.15, 0.2) is 6.21 Å². The van der Waals surface area contributed by atoms with Crippen molar-refractivity contribution in [2.24, 2.45) is 0 Å². The van der Waals surface area contributed by atoms with Gasteiger partial charge in [-0.05, 0) is 38.8 Å². The molecule has 0 fully saturated rings. The molecule has 0 amide bonds. The molecule has 0 radical (unpaired) electrons. The summed E-state index contributed by atoms with van der Waals surface area (Å²) >= 11 is 0. The van der Waals surface area contributed by atoms with E-state index in [1.807, 2.05) is 32.0 Å². The molecular formula is C16H26NO4P. The second kappa shape index (κ2) is 7.40. The fraction of sp³-hybridized carbons (Fsp3) is 0.562. The summed E-state index contributed by atoms with van der Waals surface area (Å²) in [6.45, 7) is 10.9. The molecule has 0 aromatic heterocycles. The smallest absolute Gasteiger partial charge is 0.401 e. The zero-order valence-corrected chi connectivity index (χ0v) is 15.1. The van der Waals surface area contributed by atoms with Crippen molar-refractivity contribution in [2.45, 2.75) is 46.8 Å². The lowest BCUT2D eigenvalue weighted by atomic mass is 10.0. The molecule has 6 heteroatoms. The number of nitrogens with zero attached hydrogens (tertiary/aromatic N) is 1. The third-order valence-corrected chi connectivity index (χ3v) is 6.33. The second-order valence-electron chi connectivity index (χ2n) is 5.59. The summed E-state index contributed by atoms with van der Waals surface area (Å²) in [7, 11) is -3.56. The van der Waals surface area contributed by atoms with Gasteiger partial charge in [-0.1, -0.05) is 18.2 Å². The highest BCUT2D eigenvalue weighted by Crippen LogP contribution is 2.59. The maximum absolute atomic E-state index is 12.9. The summed E-state index contributed by atoms with van der Waals surface area (Å²) < 4.78 is 24.3. The van der Waals surface area contributed by atoms with Crippen LogP contribution in [0.1, 0.15) is 44.4 Å². The third kappa shape index (κ3) is 3.78. The fourth-order valence-corrected chi connectivity index (χ4v) is 3.81. The predicted octanol–water partition coefficient (Wildman–Crippen LogP) is 4.23. The topological polar surface area (TPSA) is 61.6 Å². The van der Waals surface area contributed by atoms with E-state index in [2.05, 4.69) is 0 Å². The Morgan fingerprint density at radius 3 is 2.05 bits per heavy atom. The van der Waals surface area contributed by atoms with Crippen molar-refractivity contribution >= 4 is 13.8 Å². The van der Waals surface area contributed by atoms with Gasteiger partial charge < -0.3 is 14.3 Å². The van der Waals surface area contributed by atoms with E-state index in [0.29, 0.717) is 4.74 Å². The van der Waals surface area contributed by atoms with Gasteiger partial charge in [0.05, 0.1) is 13.2 Å². The Morgan fingerprint density at radius 1 is 1.18 bits per heavy atom. The number of benzene rings is 1. The Hall–Kier alpha value is -1.16. The molecule has 1 aromatic rings. The highest BCUT2D eigenvalue weighted by atomic mass is 31.2. The van der Waals surface area contributed by atoms with E-state index < -0.39 is 12.9 Å². The van der Waals surface area contributed by atoms with Gasteiger partial charge in [-0.15, -0.1) is 0 Å². The van der Waals surface area contributed by atoms with Crippen LogP contribution in [-0.2, 0) is 13.6 Å². The lowest BCUT2D eigenvalue weighted by molar-refractivity contribution is -0.510. The molecule has 0 aliphatic rings. The van der Waals surface area contributed by atoms with E-state index in [0.717, 1.165) is 16.7 Å². The van der Waals surface area contributed by atoms with Crippen LogP contribution in [0.5, 0.6) is 0 Å². The first kappa shape index (κ1) is 18.9. The van der Waals surface area contributed by atoms with Crippen LogP contribution in [-0.4, -0.2) is 29.4 Å². The molecule has 5 nitrogen and oxygen atoms in total. The van der Waals surface area contributed by atoms with Crippen molar-refractivity contribution < 1.29 is 18.4 Å². The summed E-state index contributed by atoms with van der Waals surface area (Å²) in [4.78, 5) is 0. The van der Waals surface area contributed by atoms with Gasteiger partial charge in [0, 0.05) is 19.4 Å². The molecule has 0 aliphatic carbocycles. The van der Waals surface area contributed by atoms with Gasteiger partial charge in [0.2, 0.25) is 0 Å². The van der Waals surface area contributed by atoms with Crippen LogP contribution in [0, 0.1) is 19.1 Å². The first-order valence-electron chi connectivity index (χ1n) is 7.46. The van der Waals surface area contributed by atoms with Gasteiger partial charge in [-0.25, -0.2) is 0 Å². The van der Waals surface area contributed by atoms with Crippen molar-refractivity contribution in [2.75, 3.05) is 13.2 Å². The van der Waals surface area contributed by atoms with Crippen LogP contribution in [0.3, 0.4) is 0 Å². The molecule has 124 valence electrons. The first-order chi connectivity index (χ1) is 10.2. The largest absolute Gasteiger partial charge is 0.623 e. The van der Waals surface area contributed by atoms with Crippen LogP contribution in [0.4, 0.5) is 0 Å². The maximum Gasteiger partial charge on any atom is 0.401 e. The van der Waals surface area contributed by atoms with E-state index >= 15 is 0 Å². The van der Waals surface area contributed by atoms with Crippen molar-refractivity contribution in [1.29, 1.82) is 0 Å². The highest BCUT2D eigenvalue weighted by molar-refractivity contribution is 7.55. The van der Waals surface area contributed by atoms with Crippen LogP contribution >= 0.6 is 7.60 Å². The van der Waals surface area contributed by atoms with Gasteiger partial charge in [-0.2, -0.15) is 4.74 Å². The summed E-state index contributed by atoms with van der Waals surface area (Å²) in [5, 5.41) is 11.4. The van der Waals surface area contributed by atoms with Crippen LogP contribution in [0.2, 0.25) is 0 Å². The van der Waals surface area contributed by atoms with Gasteiger partial charge in [0.25, 0.3) is 5.28 Å². The van der Waals surface area contributed by atoms with E-state index in [1.54, 1.807) is 27.7 Å². The lowest BCUT2D eigenvalue weighted by Gasteiger charge is -2.30. The highest BCUT2D eigenvalue weighted by Gasteiger charge is 2.51. The minimum absolute atomic E-state index is 0.220. The lowest BCUT2D eigenvalue weighted by Crippen LogP contribution is -2.35. The Morgan fingerprint density at radius 2 is 1.64 bits per heavy atom. The Balaban J connectivity index is 3.31. The van der Waals surface area contributed by atoms with Crippen molar-refractivity contribution in [3.8, 4) is 0 Å². The third-order valence-electron chi connectivity index (χ3n) is 3.60. The molecule has 0 bridgehead atoms. The SMILES string of the molecule is CCOP(=O)(OCC)C(C)(C)/[N+]([O-])=C/c1c(C)cccc1C. The standard InChI is InChI=1S/C16H26NO4P/c1-7-20-22(19,21-8-2)16(5,6)17(18)12-15-13(3)10-9-11-14(15)4/h9-12H,7-8H2,1-6H3/b17-12-. The molecule has 0 heterocycles. The van der Waals surface area contributed by atoms with Crippen LogP contribution < -0.4 is 0 Å². The van der Waals surface area contributed by atoms with Crippen LogP contribution in [0.15, 0.2) is 18.2 Å². The van der Waals surface area contributed by atoms with E-state index in [-0.39, 0.29) is 13.2 Å². The van der Waals surface area contributed by atoms with Gasteiger partial charge in [0.1, 0.15) is 0 Å². The number of aryl methyl sites for hydroxylation is 2. The Kier molecular flexibility index (Phi) is 6.36. The molecule has 0 aliphatic heterocycles. The van der Waals surface area contributed by atoms with E-state index in [9.17, 15) is 9.77 Å². The maximum atomic E-state index is 12.9. The van der Waals surface area contributed by atoms with Gasteiger partial charge in [-0.3, -0.25) is 4.57 Å². The molecule has 0 atom stereocenters. The fourth-order valence-electron chi connectivity index (χ4n) is 2.12. The summed E-state index contributed by atoms with van der Waals surface area (Å²) in [6.07, 6.45) is 1.47. The molecular weight excluding hydrogens is 301 g/mol. The zero-order chi connectivity index (χ0) is 17.0.